The molecule has 0 aliphatic heterocycles. The molecule has 0 aliphatic carbocycles. The number of ether oxygens (including phenoxy) is 1. The number of benzene rings is 2. The van der Waals surface area contributed by atoms with E-state index in [2.05, 4.69) is 4.98 Å². The summed E-state index contributed by atoms with van der Waals surface area (Å²) in [5.74, 6) is 0.604. The maximum Gasteiger partial charge on any atom is 0.416 e. The Bertz CT molecular complexity index is 1110. The smallest absolute Gasteiger partial charge is 0.416 e. The van der Waals surface area contributed by atoms with Gasteiger partial charge in [-0.25, -0.2) is 0 Å². The molecule has 3 rings (SSSR count). The second-order valence-corrected chi connectivity index (χ2v) is 6.66. The fraction of sp³-hybridized carbons (Fsp3) is 0.176. The first-order valence-corrected chi connectivity index (χ1v) is 8.51. The number of fused-ring (bicyclic) bond motifs is 1. The minimum atomic E-state index is -4.82. The zero-order valence-electron chi connectivity index (χ0n) is 14.5. The van der Waals surface area contributed by atoms with Crippen molar-refractivity contribution in [2.75, 3.05) is 19.1 Å². The molecule has 7 nitrogen and oxygen atoms in total. The fourth-order valence-corrected chi connectivity index (χ4v) is 3.55. The van der Waals surface area contributed by atoms with Crippen molar-refractivity contribution in [2.45, 2.75) is 6.18 Å². The molecule has 1 heterocycles. The van der Waals surface area contributed by atoms with Crippen molar-refractivity contribution in [1.29, 1.82) is 0 Å². The van der Waals surface area contributed by atoms with Crippen LogP contribution < -0.4 is 15.2 Å². The average molecular weight is 411 g/mol. The molecule has 0 saturated carbocycles. The van der Waals surface area contributed by atoms with Gasteiger partial charge in [0.2, 0.25) is 0 Å². The molecule has 0 N–H and O–H groups in total. The monoisotopic (exact) mass is 411 g/mol. The Labute approximate surface area is 159 Å². The largest absolute Gasteiger partial charge is 0.497 e. The van der Waals surface area contributed by atoms with Gasteiger partial charge >= 0.3 is 6.18 Å². The molecule has 0 radical (unpaired) electrons. The third-order valence-corrected chi connectivity index (χ3v) is 5.14. The second kappa shape index (κ2) is 7.08. The Morgan fingerprint density at radius 1 is 1.21 bits per heavy atom. The van der Waals surface area contributed by atoms with Crippen LogP contribution >= 0.6 is 11.3 Å². The SMILES string of the molecule is COc1ccc(N(C)c2nc(=O)c3cc(C(F)(F)F)cc([N+](=O)[O-])c3s2)cc1. The highest BCUT2D eigenvalue weighted by atomic mass is 32.1. The van der Waals surface area contributed by atoms with Crippen LogP contribution in [0.3, 0.4) is 0 Å². The number of non-ortho nitro benzene ring substituents is 1. The van der Waals surface area contributed by atoms with Crippen LogP contribution in [0.4, 0.5) is 29.7 Å². The van der Waals surface area contributed by atoms with Crippen molar-refractivity contribution < 1.29 is 22.8 Å². The van der Waals surface area contributed by atoms with E-state index in [4.69, 9.17) is 4.74 Å². The van der Waals surface area contributed by atoms with E-state index in [1.54, 1.807) is 31.3 Å². The number of nitro groups is 1. The van der Waals surface area contributed by atoms with E-state index < -0.39 is 33.3 Å². The van der Waals surface area contributed by atoms with Crippen LogP contribution in [0.5, 0.6) is 5.75 Å². The zero-order valence-corrected chi connectivity index (χ0v) is 15.3. The lowest BCUT2D eigenvalue weighted by molar-refractivity contribution is -0.383. The van der Waals surface area contributed by atoms with Crippen molar-refractivity contribution in [3.05, 3.63) is 62.4 Å². The van der Waals surface area contributed by atoms with Crippen LogP contribution in [-0.2, 0) is 6.18 Å². The van der Waals surface area contributed by atoms with Gasteiger partial charge in [-0.05, 0) is 30.3 Å². The first-order valence-electron chi connectivity index (χ1n) is 7.70. The molecular weight excluding hydrogens is 399 g/mol. The summed E-state index contributed by atoms with van der Waals surface area (Å²) in [6, 6.07) is 7.73. The van der Waals surface area contributed by atoms with Gasteiger partial charge in [-0.3, -0.25) is 14.9 Å². The van der Waals surface area contributed by atoms with Gasteiger partial charge in [0.05, 0.1) is 23.0 Å². The van der Waals surface area contributed by atoms with E-state index in [0.29, 0.717) is 23.6 Å². The van der Waals surface area contributed by atoms with Crippen molar-refractivity contribution in [3.63, 3.8) is 0 Å². The van der Waals surface area contributed by atoms with Crippen molar-refractivity contribution in [2.24, 2.45) is 0 Å². The van der Waals surface area contributed by atoms with Crippen LogP contribution in [0.15, 0.2) is 41.2 Å². The number of nitro benzene ring substituents is 1. The molecule has 0 aliphatic rings. The summed E-state index contributed by atoms with van der Waals surface area (Å²) >= 11 is 0.763. The summed E-state index contributed by atoms with van der Waals surface area (Å²) < 4.78 is 44.0. The highest BCUT2D eigenvalue weighted by Gasteiger charge is 2.34. The summed E-state index contributed by atoms with van der Waals surface area (Å²) in [5, 5.41) is 11.0. The topological polar surface area (TPSA) is 85.6 Å². The normalized spacial score (nSPS) is 11.5. The molecule has 0 atom stereocenters. The predicted molar refractivity (Wildman–Crippen MR) is 98.6 cm³/mol. The molecule has 11 heteroatoms. The molecule has 0 spiro atoms. The van der Waals surface area contributed by atoms with Crippen LogP contribution in [-0.4, -0.2) is 24.1 Å². The fourth-order valence-electron chi connectivity index (χ4n) is 2.50. The van der Waals surface area contributed by atoms with Crippen molar-refractivity contribution >= 4 is 37.9 Å². The summed E-state index contributed by atoms with van der Waals surface area (Å²) in [7, 11) is 3.09. The Morgan fingerprint density at radius 2 is 1.86 bits per heavy atom. The van der Waals surface area contributed by atoms with E-state index in [-0.39, 0.29) is 9.83 Å². The molecular formula is C17H12F3N3O4S. The number of alkyl halides is 3. The van der Waals surface area contributed by atoms with Crippen molar-refractivity contribution in [3.8, 4) is 5.75 Å². The number of anilines is 2. The second-order valence-electron chi connectivity index (χ2n) is 5.69. The van der Waals surface area contributed by atoms with Gasteiger partial charge in [0.15, 0.2) is 5.13 Å². The van der Waals surface area contributed by atoms with E-state index >= 15 is 0 Å². The molecule has 28 heavy (non-hydrogen) atoms. The van der Waals surface area contributed by atoms with Crippen molar-refractivity contribution in [1.82, 2.24) is 4.98 Å². The van der Waals surface area contributed by atoms with Crippen LogP contribution in [0, 0.1) is 10.1 Å². The van der Waals surface area contributed by atoms with E-state index in [9.17, 15) is 28.1 Å². The Morgan fingerprint density at radius 3 is 2.39 bits per heavy atom. The Hall–Kier alpha value is -3.21. The lowest BCUT2D eigenvalue weighted by Gasteiger charge is -2.18. The van der Waals surface area contributed by atoms with Gasteiger partial charge in [0.1, 0.15) is 10.4 Å². The molecule has 0 unspecified atom stereocenters. The predicted octanol–water partition coefficient (Wildman–Crippen LogP) is 4.36. The number of hydrogen-bond donors (Lipinski definition) is 0. The molecule has 0 bridgehead atoms. The minimum Gasteiger partial charge on any atom is -0.497 e. The van der Waals surface area contributed by atoms with E-state index in [0.717, 1.165) is 11.3 Å². The number of nitrogens with zero attached hydrogens (tertiary/aromatic N) is 3. The number of aromatic nitrogens is 1. The lowest BCUT2D eigenvalue weighted by atomic mass is 10.1. The van der Waals surface area contributed by atoms with Crippen LogP contribution in [0.1, 0.15) is 5.56 Å². The molecule has 2 aromatic carbocycles. The van der Waals surface area contributed by atoms with Gasteiger partial charge in [-0.1, -0.05) is 11.3 Å². The number of halogens is 3. The van der Waals surface area contributed by atoms with Crippen LogP contribution in [0.25, 0.3) is 10.1 Å². The van der Waals surface area contributed by atoms with Gasteiger partial charge in [0, 0.05) is 18.8 Å². The number of methoxy groups -OCH3 is 1. The first kappa shape index (κ1) is 19.5. The first-order chi connectivity index (χ1) is 13.1. The summed E-state index contributed by atoms with van der Waals surface area (Å²) in [5.41, 5.74) is -2.43. The van der Waals surface area contributed by atoms with Crippen LogP contribution in [0.2, 0.25) is 0 Å². The van der Waals surface area contributed by atoms with E-state index in [1.165, 1.54) is 12.0 Å². The molecule has 3 aromatic rings. The molecule has 0 fully saturated rings. The zero-order chi connectivity index (χ0) is 20.6. The average Bonchev–Trinajstić information content (AvgIpc) is 2.65. The third kappa shape index (κ3) is 3.60. The van der Waals surface area contributed by atoms with Gasteiger partial charge in [0.25, 0.3) is 11.2 Å². The standard InChI is InChI=1S/C17H12F3N3O4S/c1-22(10-3-5-11(27-2)6-4-10)16-21-15(24)12-7-9(17(18,19)20)8-13(23(25)26)14(12)28-16/h3-8H,1-2H3. The summed E-state index contributed by atoms with van der Waals surface area (Å²) in [6.45, 7) is 0. The third-order valence-electron chi connectivity index (χ3n) is 3.96. The Balaban J connectivity index is 2.19. The maximum atomic E-state index is 13.0. The number of rotatable bonds is 4. The van der Waals surface area contributed by atoms with E-state index in [1.807, 2.05) is 0 Å². The lowest BCUT2D eigenvalue weighted by Crippen LogP contribution is -2.16. The quantitative estimate of drug-likeness (QED) is 0.468. The molecule has 1 aromatic heterocycles. The van der Waals surface area contributed by atoms with Gasteiger partial charge in [-0.2, -0.15) is 18.2 Å². The highest BCUT2D eigenvalue weighted by molar-refractivity contribution is 7.22. The Kier molecular flexibility index (Phi) is 4.94. The molecule has 0 saturated heterocycles. The minimum absolute atomic E-state index is 0.102. The highest BCUT2D eigenvalue weighted by Crippen LogP contribution is 2.39. The number of hydrogen-bond acceptors (Lipinski definition) is 7. The van der Waals surface area contributed by atoms with Gasteiger partial charge < -0.3 is 9.64 Å². The van der Waals surface area contributed by atoms with Gasteiger partial charge in [-0.15, -0.1) is 0 Å². The summed E-state index contributed by atoms with van der Waals surface area (Å²) in [6.07, 6.45) is -4.82. The maximum absolute atomic E-state index is 13.0. The molecule has 146 valence electrons. The molecule has 0 amide bonds. The summed E-state index contributed by atoms with van der Waals surface area (Å²) in [4.78, 5) is 28.0.